The van der Waals surface area contributed by atoms with Crippen molar-refractivity contribution in [2.24, 2.45) is 5.92 Å². The lowest BCUT2D eigenvalue weighted by Gasteiger charge is -2.13. The Balaban J connectivity index is 2.02. The average molecular weight is 258 g/mol. The predicted octanol–water partition coefficient (Wildman–Crippen LogP) is 5.25. The Hall–Kier alpha value is -2.34. The molecule has 1 unspecified atom stereocenters. The van der Waals surface area contributed by atoms with Gasteiger partial charge in [0.05, 0.1) is 0 Å². The molecule has 2 aromatic rings. The molecule has 0 fully saturated rings. The molecule has 1 atom stereocenters. The van der Waals surface area contributed by atoms with E-state index in [1.807, 2.05) is 0 Å². The standard InChI is InChI=1S/C20H18/c1-4-10-17(11-5-1)16-20(18-12-6-2-7-13-18)19-14-8-3-9-15-19/h1-10,12-17H,11H2. The van der Waals surface area contributed by atoms with Crippen molar-refractivity contribution in [3.8, 4) is 0 Å². The molecule has 0 nitrogen and oxygen atoms in total. The van der Waals surface area contributed by atoms with Crippen LogP contribution in [0.1, 0.15) is 17.5 Å². The summed E-state index contributed by atoms with van der Waals surface area (Å²) >= 11 is 0. The van der Waals surface area contributed by atoms with E-state index in [1.54, 1.807) is 0 Å². The van der Waals surface area contributed by atoms with E-state index in [0.717, 1.165) is 6.42 Å². The van der Waals surface area contributed by atoms with Gasteiger partial charge in [-0.15, -0.1) is 0 Å². The first-order valence-electron chi connectivity index (χ1n) is 7.09. The Morgan fingerprint density at radius 2 is 1.40 bits per heavy atom. The highest BCUT2D eigenvalue weighted by Crippen LogP contribution is 2.27. The van der Waals surface area contributed by atoms with Crippen LogP contribution >= 0.6 is 0 Å². The van der Waals surface area contributed by atoms with Crippen molar-refractivity contribution in [3.63, 3.8) is 0 Å². The Bertz CT molecular complexity index is 589. The maximum atomic E-state index is 2.38. The quantitative estimate of drug-likeness (QED) is 0.705. The first-order chi connectivity index (χ1) is 9.93. The maximum absolute atomic E-state index is 2.38. The second kappa shape index (κ2) is 6.21. The van der Waals surface area contributed by atoms with Crippen molar-refractivity contribution < 1.29 is 0 Å². The summed E-state index contributed by atoms with van der Waals surface area (Å²) in [6.07, 6.45) is 12.2. The summed E-state index contributed by atoms with van der Waals surface area (Å²) < 4.78 is 0. The monoisotopic (exact) mass is 258 g/mol. The zero-order valence-electron chi connectivity index (χ0n) is 11.4. The molecular weight excluding hydrogens is 240 g/mol. The summed E-state index contributed by atoms with van der Waals surface area (Å²) in [6.45, 7) is 0. The smallest absolute Gasteiger partial charge is 0.000632 e. The number of hydrogen-bond donors (Lipinski definition) is 0. The number of benzene rings is 2. The highest BCUT2D eigenvalue weighted by atomic mass is 14.1. The Morgan fingerprint density at radius 3 is 1.90 bits per heavy atom. The van der Waals surface area contributed by atoms with Gasteiger partial charge in [-0.3, -0.25) is 0 Å². The molecule has 1 aliphatic carbocycles. The van der Waals surface area contributed by atoms with Gasteiger partial charge in [0.1, 0.15) is 0 Å². The minimum atomic E-state index is 0.482. The Kier molecular flexibility index (Phi) is 3.93. The van der Waals surface area contributed by atoms with Crippen molar-refractivity contribution in [1.29, 1.82) is 0 Å². The van der Waals surface area contributed by atoms with Crippen molar-refractivity contribution >= 4 is 5.57 Å². The largest absolute Gasteiger partial charge is 0.0837 e. The molecule has 0 aliphatic heterocycles. The van der Waals surface area contributed by atoms with Gasteiger partial charge in [0, 0.05) is 0 Å². The molecule has 0 spiro atoms. The first-order valence-corrected chi connectivity index (χ1v) is 7.09. The molecule has 0 aromatic heterocycles. The second-order valence-electron chi connectivity index (χ2n) is 5.03. The zero-order valence-corrected chi connectivity index (χ0v) is 11.4. The minimum Gasteiger partial charge on any atom is -0.0837 e. The fourth-order valence-electron chi connectivity index (χ4n) is 2.53. The highest BCUT2D eigenvalue weighted by molar-refractivity contribution is 5.80. The van der Waals surface area contributed by atoms with Gasteiger partial charge in [-0.1, -0.05) is 91.0 Å². The van der Waals surface area contributed by atoms with Gasteiger partial charge >= 0.3 is 0 Å². The predicted molar refractivity (Wildman–Crippen MR) is 86.4 cm³/mol. The van der Waals surface area contributed by atoms with Crippen LogP contribution in [0.5, 0.6) is 0 Å². The molecule has 0 heteroatoms. The second-order valence-corrected chi connectivity index (χ2v) is 5.03. The molecule has 0 saturated carbocycles. The summed E-state index contributed by atoms with van der Waals surface area (Å²) in [7, 11) is 0. The molecule has 20 heavy (non-hydrogen) atoms. The maximum Gasteiger partial charge on any atom is -0.000632 e. The third kappa shape index (κ3) is 2.97. The van der Waals surface area contributed by atoms with Crippen molar-refractivity contribution in [1.82, 2.24) is 0 Å². The van der Waals surface area contributed by atoms with Gasteiger partial charge in [0.25, 0.3) is 0 Å². The van der Waals surface area contributed by atoms with E-state index < -0.39 is 0 Å². The fraction of sp³-hybridized carbons (Fsp3) is 0.100. The molecule has 0 N–H and O–H groups in total. The van der Waals surface area contributed by atoms with Crippen molar-refractivity contribution in [2.45, 2.75) is 6.42 Å². The number of hydrogen-bond acceptors (Lipinski definition) is 0. The first kappa shape index (κ1) is 12.7. The van der Waals surface area contributed by atoms with Crippen LogP contribution in [0.25, 0.3) is 5.57 Å². The SMILES string of the molecule is C1=CCC(C=C(c2ccccc2)c2ccccc2)C=C1. The number of rotatable bonds is 3. The van der Waals surface area contributed by atoms with E-state index in [0.29, 0.717) is 5.92 Å². The fourth-order valence-corrected chi connectivity index (χ4v) is 2.53. The van der Waals surface area contributed by atoms with Gasteiger partial charge in [0.15, 0.2) is 0 Å². The van der Waals surface area contributed by atoms with Gasteiger partial charge in [-0.05, 0) is 29.0 Å². The van der Waals surface area contributed by atoms with Gasteiger partial charge < -0.3 is 0 Å². The van der Waals surface area contributed by atoms with Crippen molar-refractivity contribution in [3.05, 3.63) is 102 Å². The van der Waals surface area contributed by atoms with Crippen LogP contribution in [0.4, 0.5) is 0 Å². The Labute approximate surface area is 120 Å². The van der Waals surface area contributed by atoms with Gasteiger partial charge in [-0.2, -0.15) is 0 Å². The molecule has 1 aliphatic rings. The van der Waals surface area contributed by atoms with E-state index in [9.17, 15) is 0 Å². The van der Waals surface area contributed by atoms with Gasteiger partial charge in [0.2, 0.25) is 0 Å². The summed E-state index contributed by atoms with van der Waals surface area (Å²) in [5.41, 5.74) is 3.87. The van der Waals surface area contributed by atoms with Crippen LogP contribution in [0.15, 0.2) is 91.0 Å². The molecule has 98 valence electrons. The number of allylic oxidation sites excluding steroid dienone is 5. The van der Waals surface area contributed by atoms with E-state index >= 15 is 0 Å². The lowest BCUT2D eigenvalue weighted by atomic mass is 9.91. The average Bonchev–Trinajstić information content (AvgIpc) is 2.55. The minimum absolute atomic E-state index is 0.482. The zero-order chi connectivity index (χ0) is 13.6. The van der Waals surface area contributed by atoms with E-state index in [1.165, 1.54) is 16.7 Å². The van der Waals surface area contributed by atoms with Crippen LogP contribution in [0, 0.1) is 5.92 Å². The summed E-state index contributed by atoms with van der Waals surface area (Å²) in [5.74, 6) is 0.482. The van der Waals surface area contributed by atoms with Gasteiger partial charge in [-0.25, -0.2) is 0 Å². The highest BCUT2D eigenvalue weighted by Gasteiger charge is 2.08. The van der Waals surface area contributed by atoms with Crippen LogP contribution in [-0.2, 0) is 0 Å². The molecule has 2 aromatic carbocycles. The molecule has 0 saturated heterocycles. The van der Waals surface area contributed by atoms with E-state index in [-0.39, 0.29) is 0 Å². The summed E-state index contributed by atoms with van der Waals surface area (Å²) in [6, 6.07) is 21.3. The molecule has 0 bridgehead atoms. The molecule has 3 rings (SSSR count). The third-order valence-corrected chi connectivity index (χ3v) is 3.56. The van der Waals surface area contributed by atoms with E-state index in [2.05, 4.69) is 91.0 Å². The van der Waals surface area contributed by atoms with Crippen LogP contribution in [-0.4, -0.2) is 0 Å². The van der Waals surface area contributed by atoms with E-state index in [4.69, 9.17) is 0 Å². The van der Waals surface area contributed by atoms with Crippen molar-refractivity contribution in [2.75, 3.05) is 0 Å². The molecule has 0 amide bonds. The lowest BCUT2D eigenvalue weighted by Crippen LogP contribution is -1.96. The topological polar surface area (TPSA) is 0 Å². The third-order valence-electron chi connectivity index (χ3n) is 3.56. The Morgan fingerprint density at radius 1 is 0.800 bits per heavy atom. The normalized spacial score (nSPS) is 16.9. The summed E-state index contributed by atoms with van der Waals surface area (Å²) in [5, 5.41) is 0. The molecular formula is C20H18. The van der Waals surface area contributed by atoms with Crippen LogP contribution in [0.3, 0.4) is 0 Å². The van der Waals surface area contributed by atoms with Crippen LogP contribution < -0.4 is 0 Å². The summed E-state index contributed by atoms with van der Waals surface area (Å²) in [4.78, 5) is 0. The molecule has 0 radical (unpaired) electrons. The molecule has 0 heterocycles. The lowest BCUT2D eigenvalue weighted by molar-refractivity contribution is 0.824. The van der Waals surface area contributed by atoms with Crippen LogP contribution in [0.2, 0.25) is 0 Å².